The van der Waals surface area contributed by atoms with Crippen molar-refractivity contribution in [1.82, 2.24) is 10.4 Å². The van der Waals surface area contributed by atoms with Gasteiger partial charge in [-0.2, -0.15) is 5.10 Å². The number of fused-ring (bicyclic) bond motifs is 1. The molecule has 0 fully saturated rings. The van der Waals surface area contributed by atoms with Crippen LogP contribution in [0.15, 0.2) is 53.6 Å². The second kappa shape index (κ2) is 6.81. The Hall–Kier alpha value is -2.72. The summed E-state index contributed by atoms with van der Waals surface area (Å²) in [6.45, 7) is 3.94. The fourth-order valence-electron chi connectivity index (χ4n) is 2.37. The SMILES string of the molecule is Cc1cccc(C(=O)N/N=C\c2cc3ccc(C)cc3nc2Cl)c1. The van der Waals surface area contributed by atoms with E-state index in [1.807, 2.05) is 50.2 Å². The monoisotopic (exact) mass is 337 g/mol. The highest BCUT2D eigenvalue weighted by Gasteiger charge is 2.05. The van der Waals surface area contributed by atoms with E-state index in [1.54, 1.807) is 12.1 Å². The summed E-state index contributed by atoms with van der Waals surface area (Å²) in [6.07, 6.45) is 1.50. The Labute approximate surface area is 145 Å². The molecule has 120 valence electrons. The van der Waals surface area contributed by atoms with Crippen molar-refractivity contribution in [3.8, 4) is 0 Å². The lowest BCUT2D eigenvalue weighted by atomic mass is 10.1. The summed E-state index contributed by atoms with van der Waals surface area (Å²) in [5.41, 5.74) is 6.69. The van der Waals surface area contributed by atoms with Crippen LogP contribution in [0.3, 0.4) is 0 Å². The van der Waals surface area contributed by atoms with Gasteiger partial charge in [0.25, 0.3) is 5.91 Å². The number of nitrogens with one attached hydrogen (secondary N) is 1. The molecule has 0 bridgehead atoms. The minimum atomic E-state index is -0.268. The minimum absolute atomic E-state index is 0.268. The van der Waals surface area contributed by atoms with Gasteiger partial charge in [-0.25, -0.2) is 10.4 Å². The number of benzene rings is 2. The first-order valence-electron chi connectivity index (χ1n) is 7.50. The third-order valence-electron chi connectivity index (χ3n) is 3.60. The second-order valence-corrected chi connectivity index (χ2v) is 5.99. The van der Waals surface area contributed by atoms with Crippen molar-refractivity contribution in [2.24, 2.45) is 5.10 Å². The third kappa shape index (κ3) is 3.60. The number of rotatable bonds is 3. The molecule has 0 radical (unpaired) electrons. The topological polar surface area (TPSA) is 54.4 Å². The molecule has 0 atom stereocenters. The number of aromatic nitrogens is 1. The van der Waals surface area contributed by atoms with Crippen molar-refractivity contribution in [3.05, 3.63) is 75.9 Å². The van der Waals surface area contributed by atoms with E-state index in [0.717, 1.165) is 22.0 Å². The van der Waals surface area contributed by atoms with E-state index in [1.165, 1.54) is 6.21 Å². The predicted molar refractivity (Wildman–Crippen MR) is 97.7 cm³/mol. The normalized spacial score (nSPS) is 11.1. The molecule has 2 aromatic carbocycles. The summed E-state index contributed by atoms with van der Waals surface area (Å²) < 4.78 is 0. The first-order chi connectivity index (χ1) is 11.5. The summed E-state index contributed by atoms with van der Waals surface area (Å²) in [7, 11) is 0. The predicted octanol–water partition coefficient (Wildman–Crippen LogP) is 4.27. The summed E-state index contributed by atoms with van der Waals surface area (Å²) >= 11 is 6.19. The van der Waals surface area contributed by atoms with Gasteiger partial charge in [-0.1, -0.05) is 41.4 Å². The first-order valence-corrected chi connectivity index (χ1v) is 7.88. The van der Waals surface area contributed by atoms with Gasteiger partial charge < -0.3 is 0 Å². The van der Waals surface area contributed by atoms with E-state index >= 15 is 0 Å². The quantitative estimate of drug-likeness (QED) is 0.441. The maximum Gasteiger partial charge on any atom is 0.271 e. The molecule has 4 nitrogen and oxygen atoms in total. The Kier molecular flexibility index (Phi) is 4.58. The van der Waals surface area contributed by atoms with Gasteiger partial charge in [0.2, 0.25) is 0 Å². The highest BCUT2D eigenvalue weighted by atomic mass is 35.5. The maximum atomic E-state index is 12.0. The molecule has 0 unspecified atom stereocenters. The average Bonchev–Trinajstić information content (AvgIpc) is 2.55. The molecule has 0 aliphatic heterocycles. The molecule has 1 heterocycles. The Morgan fingerprint density at radius 3 is 2.71 bits per heavy atom. The molecular formula is C19H16ClN3O. The van der Waals surface area contributed by atoms with Crippen molar-refractivity contribution in [1.29, 1.82) is 0 Å². The number of aryl methyl sites for hydroxylation is 2. The van der Waals surface area contributed by atoms with E-state index in [9.17, 15) is 4.79 Å². The molecular weight excluding hydrogens is 322 g/mol. The van der Waals surface area contributed by atoms with E-state index < -0.39 is 0 Å². The minimum Gasteiger partial charge on any atom is -0.267 e. The van der Waals surface area contributed by atoms with Crippen LogP contribution in [0.4, 0.5) is 0 Å². The highest BCUT2D eigenvalue weighted by molar-refractivity contribution is 6.32. The molecule has 0 saturated heterocycles. The zero-order chi connectivity index (χ0) is 17.1. The summed E-state index contributed by atoms with van der Waals surface area (Å²) in [5.74, 6) is -0.268. The number of carbonyl (C=O) groups is 1. The average molecular weight is 338 g/mol. The van der Waals surface area contributed by atoms with Gasteiger partial charge in [0.1, 0.15) is 5.15 Å². The molecule has 0 saturated carbocycles. The summed E-state index contributed by atoms with van der Waals surface area (Å²) in [6, 6.07) is 15.2. The molecule has 0 aliphatic carbocycles. The highest BCUT2D eigenvalue weighted by Crippen LogP contribution is 2.20. The van der Waals surface area contributed by atoms with Crippen molar-refractivity contribution in [2.75, 3.05) is 0 Å². The van der Waals surface area contributed by atoms with E-state index in [0.29, 0.717) is 16.3 Å². The molecule has 3 aromatic rings. The number of halogens is 1. The lowest BCUT2D eigenvalue weighted by molar-refractivity contribution is 0.0955. The molecule has 24 heavy (non-hydrogen) atoms. The van der Waals surface area contributed by atoms with Crippen LogP contribution >= 0.6 is 11.6 Å². The maximum absolute atomic E-state index is 12.0. The van der Waals surface area contributed by atoms with Crippen LogP contribution in [0.5, 0.6) is 0 Å². The fraction of sp³-hybridized carbons (Fsp3) is 0.105. The van der Waals surface area contributed by atoms with Crippen LogP contribution in [-0.2, 0) is 0 Å². The van der Waals surface area contributed by atoms with Gasteiger partial charge in [0.05, 0.1) is 11.7 Å². The van der Waals surface area contributed by atoms with Gasteiger partial charge in [0.15, 0.2) is 0 Å². The summed E-state index contributed by atoms with van der Waals surface area (Å²) in [4.78, 5) is 16.4. The first kappa shape index (κ1) is 16.1. The van der Waals surface area contributed by atoms with Crippen molar-refractivity contribution in [3.63, 3.8) is 0 Å². The second-order valence-electron chi connectivity index (χ2n) is 5.63. The van der Waals surface area contributed by atoms with Crippen LogP contribution in [0, 0.1) is 13.8 Å². The fourth-order valence-corrected chi connectivity index (χ4v) is 2.57. The molecule has 0 spiro atoms. The molecule has 5 heteroatoms. The molecule has 1 amide bonds. The number of hydrogen-bond donors (Lipinski definition) is 1. The Morgan fingerprint density at radius 1 is 1.12 bits per heavy atom. The zero-order valence-corrected chi connectivity index (χ0v) is 14.1. The van der Waals surface area contributed by atoms with E-state index in [2.05, 4.69) is 15.5 Å². The number of hydrogen-bond acceptors (Lipinski definition) is 3. The van der Waals surface area contributed by atoms with Crippen molar-refractivity contribution in [2.45, 2.75) is 13.8 Å². The van der Waals surface area contributed by atoms with E-state index in [4.69, 9.17) is 11.6 Å². The summed E-state index contributed by atoms with van der Waals surface area (Å²) in [5, 5.41) is 5.30. The van der Waals surface area contributed by atoms with Crippen molar-refractivity contribution >= 4 is 34.6 Å². The molecule has 1 aromatic heterocycles. The Morgan fingerprint density at radius 2 is 1.92 bits per heavy atom. The Balaban J connectivity index is 1.79. The van der Waals surface area contributed by atoms with Gasteiger partial charge in [0, 0.05) is 16.5 Å². The van der Waals surface area contributed by atoms with Gasteiger partial charge in [-0.15, -0.1) is 0 Å². The standard InChI is InChI=1S/C19H16ClN3O/c1-12-4-3-5-15(8-12)19(24)23-21-11-16-10-14-7-6-13(2)9-17(14)22-18(16)20/h3-11H,1-2H3,(H,23,24)/b21-11-. The zero-order valence-electron chi connectivity index (χ0n) is 13.4. The van der Waals surface area contributed by atoms with Crippen LogP contribution in [-0.4, -0.2) is 17.1 Å². The van der Waals surface area contributed by atoms with Crippen LogP contribution in [0.1, 0.15) is 27.0 Å². The van der Waals surface area contributed by atoms with Crippen LogP contribution in [0.25, 0.3) is 10.9 Å². The third-order valence-corrected chi connectivity index (χ3v) is 3.91. The molecule has 3 rings (SSSR count). The molecule has 1 N–H and O–H groups in total. The number of amides is 1. The Bertz CT molecular complexity index is 950. The van der Waals surface area contributed by atoms with Crippen LogP contribution < -0.4 is 5.43 Å². The smallest absolute Gasteiger partial charge is 0.267 e. The number of pyridine rings is 1. The van der Waals surface area contributed by atoms with Gasteiger partial charge in [-0.05, 0) is 43.7 Å². The molecule has 0 aliphatic rings. The lowest BCUT2D eigenvalue weighted by Crippen LogP contribution is -2.17. The lowest BCUT2D eigenvalue weighted by Gasteiger charge is -2.04. The largest absolute Gasteiger partial charge is 0.271 e. The van der Waals surface area contributed by atoms with E-state index in [-0.39, 0.29) is 5.91 Å². The number of hydrazone groups is 1. The van der Waals surface area contributed by atoms with Crippen molar-refractivity contribution < 1.29 is 4.79 Å². The van der Waals surface area contributed by atoms with Gasteiger partial charge >= 0.3 is 0 Å². The van der Waals surface area contributed by atoms with Crippen LogP contribution in [0.2, 0.25) is 5.15 Å². The number of nitrogens with zero attached hydrogens (tertiary/aromatic N) is 2. The number of carbonyl (C=O) groups excluding carboxylic acids is 1. The van der Waals surface area contributed by atoms with Gasteiger partial charge in [-0.3, -0.25) is 4.79 Å².